The van der Waals surface area contributed by atoms with Gasteiger partial charge in [0.25, 0.3) is 0 Å². The predicted octanol–water partition coefficient (Wildman–Crippen LogP) is 2.82. The van der Waals surface area contributed by atoms with Gasteiger partial charge in [-0.05, 0) is 19.9 Å². The van der Waals surface area contributed by atoms with Crippen molar-refractivity contribution in [2.75, 3.05) is 0 Å². The normalized spacial score (nSPS) is 12.9. The second kappa shape index (κ2) is 4.70. The maximum absolute atomic E-state index is 11.3. The molecule has 0 radical (unpaired) electrons. The molecule has 3 heteroatoms. The number of Topliss-reactive ketones (excluding diaryl/α,β-unsaturated/α-hetero) is 1. The summed E-state index contributed by atoms with van der Waals surface area (Å²) in [6.07, 6.45) is 0.725. The molecule has 90 valence electrons. The molecular weight excluding hydrogens is 212 g/mol. The summed E-state index contributed by atoms with van der Waals surface area (Å²) in [6, 6.07) is 8.20. The van der Waals surface area contributed by atoms with Crippen LogP contribution < -0.4 is 0 Å². The van der Waals surface area contributed by atoms with Gasteiger partial charge in [-0.15, -0.1) is 0 Å². The van der Waals surface area contributed by atoms with E-state index in [4.69, 9.17) is 0 Å². The third kappa shape index (κ3) is 2.23. The molecule has 2 aromatic rings. The standard InChI is InChI=1S/C14H18N2O/c1-4-16-14-8-6-5-7-12(14)13(15-16)9-10(2)11(3)17/h5-8,10H,4,9H2,1-3H3. The van der Waals surface area contributed by atoms with Crippen LogP contribution in [0.5, 0.6) is 0 Å². The van der Waals surface area contributed by atoms with E-state index >= 15 is 0 Å². The highest BCUT2D eigenvalue weighted by Crippen LogP contribution is 2.21. The lowest BCUT2D eigenvalue weighted by atomic mass is 10.00. The van der Waals surface area contributed by atoms with Gasteiger partial charge in [-0.2, -0.15) is 5.10 Å². The average Bonchev–Trinajstić information content (AvgIpc) is 2.68. The lowest BCUT2D eigenvalue weighted by Gasteiger charge is -2.04. The van der Waals surface area contributed by atoms with E-state index in [0.717, 1.165) is 24.2 Å². The maximum atomic E-state index is 11.3. The zero-order chi connectivity index (χ0) is 12.4. The Morgan fingerprint density at radius 2 is 2.12 bits per heavy atom. The Kier molecular flexibility index (Phi) is 3.27. The fourth-order valence-corrected chi connectivity index (χ4v) is 2.02. The van der Waals surface area contributed by atoms with Crippen molar-refractivity contribution in [3.8, 4) is 0 Å². The van der Waals surface area contributed by atoms with Gasteiger partial charge in [0.05, 0.1) is 11.2 Å². The van der Waals surface area contributed by atoms with Crippen molar-refractivity contribution in [1.82, 2.24) is 9.78 Å². The number of hydrogen-bond acceptors (Lipinski definition) is 2. The molecule has 1 atom stereocenters. The molecule has 1 unspecified atom stereocenters. The van der Waals surface area contributed by atoms with Gasteiger partial charge in [-0.25, -0.2) is 0 Å². The molecule has 0 saturated heterocycles. The highest BCUT2D eigenvalue weighted by atomic mass is 16.1. The van der Waals surface area contributed by atoms with E-state index in [9.17, 15) is 4.79 Å². The molecule has 0 aliphatic carbocycles. The summed E-state index contributed by atoms with van der Waals surface area (Å²) in [6.45, 7) is 6.54. The molecule has 1 heterocycles. The van der Waals surface area contributed by atoms with E-state index in [0.29, 0.717) is 0 Å². The summed E-state index contributed by atoms with van der Waals surface area (Å²) in [7, 11) is 0. The number of carbonyl (C=O) groups is 1. The van der Waals surface area contributed by atoms with E-state index in [1.807, 2.05) is 23.7 Å². The number of hydrogen-bond donors (Lipinski definition) is 0. The van der Waals surface area contributed by atoms with Crippen molar-refractivity contribution in [3.63, 3.8) is 0 Å². The average molecular weight is 230 g/mol. The summed E-state index contributed by atoms with van der Waals surface area (Å²) >= 11 is 0. The molecule has 0 saturated carbocycles. The minimum atomic E-state index is 0.0404. The molecule has 0 bridgehead atoms. The molecule has 2 rings (SSSR count). The smallest absolute Gasteiger partial charge is 0.133 e. The lowest BCUT2D eigenvalue weighted by molar-refractivity contribution is -0.120. The van der Waals surface area contributed by atoms with E-state index in [1.165, 1.54) is 5.39 Å². The van der Waals surface area contributed by atoms with Crippen LogP contribution in [0.4, 0.5) is 0 Å². The van der Waals surface area contributed by atoms with Crippen LogP contribution in [0.1, 0.15) is 26.5 Å². The quantitative estimate of drug-likeness (QED) is 0.809. The number of benzene rings is 1. The predicted molar refractivity (Wildman–Crippen MR) is 69.0 cm³/mol. The van der Waals surface area contributed by atoms with Crippen LogP contribution in [0.3, 0.4) is 0 Å². The van der Waals surface area contributed by atoms with E-state index in [2.05, 4.69) is 24.2 Å². The van der Waals surface area contributed by atoms with Crippen LogP contribution >= 0.6 is 0 Å². The topological polar surface area (TPSA) is 34.9 Å². The molecule has 17 heavy (non-hydrogen) atoms. The third-order valence-electron chi connectivity index (χ3n) is 3.23. The Labute approximate surface area is 101 Å². The van der Waals surface area contributed by atoms with Crippen molar-refractivity contribution in [3.05, 3.63) is 30.0 Å². The van der Waals surface area contributed by atoms with Crippen molar-refractivity contribution in [2.24, 2.45) is 5.92 Å². The zero-order valence-corrected chi connectivity index (χ0v) is 10.6. The first-order valence-corrected chi connectivity index (χ1v) is 6.08. The molecule has 0 aliphatic rings. The number of ketones is 1. The minimum absolute atomic E-state index is 0.0404. The van der Waals surface area contributed by atoms with E-state index in [-0.39, 0.29) is 11.7 Å². The zero-order valence-electron chi connectivity index (χ0n) is 10.6. The van der Waals surface area contributed by atoms with Crippen molar-refractivity contribution >= 4 is 16.7 Å². The monoisotopic (exact) mass is 230 g/mol. The summed E-state index contributed by atoms with van der Waals surface area (Å²) < 4.78 is 2.00. The third-order valence-corrected chi connectivity index (χ3v) is 3.23. The largest absolute Gasteiger partial charge is 0.300 e. The fraction of sp³-hybridized carbons (Fsp3) is 0.429. The summed E-state index contributed by atoms with van der Waals surface area (Å²) in [5.74, 6) is 0.263. The van der Waals surface area contributed by atoms with Crippen molar-refractivity contribution in [2.45, 2.75) is 33.7 Å². The summed E-state index contributed by atoms with van der Waals surface area (Å²) in [5, 5.41) is 5.76. The Bertz CT molecular complexity index is 542. The number of carbonyl (C=O) groups excluding carboxylic acids is 1. The molecule has 1 aromatic carbocycles. The van der Waals surface area contributed by atoms with Gasteiger partial charge < -0.3 is 0 Å². The van der Waals surface area contributed by atoms with Gasteiger partial charge in [0.15, 0.2) is 0 Å². The minimum Gasteiger partial charge on any atom is -0.300 e. The van der Waals surface area contributed by atoms with Gasteiger partial charge in [-0.3, -0.25) is 9.48 Å². The fourth-order valence-electron chi connectivity index (χ4n) is 2.02. The Hall–Kier alpha value is -1.64. The van der Waals surface area contributed by atoms with Gasteiger partial charge in [0, 0.05) is 24.3 Å². The number of aryl methyl sites for hydroxylation is 1. The molecule has 3 nitrogen and oxygen atoms in total. The first-order valence-electron chi connectivity index (χ1n) is 6.08. The van der Waals surface area contributed by atoms with Crippen LogP contribution in [0.2, 0.25) is 0 Å². The summed E-state index contributed by atoms with van der Waals surface area (Å²) in [5.41, 5.74) is 2.19. The molecule has 0 fully saturated rings. The Balaban J connectivity index is 2.44. The van der Waals surface area contributed by atoms with Crippen LogP contribution in [0.25, 0.3) is 10.9 Å². The van der Waals surface area contributed by atoms with E-state index in [1.54, 1.807) is 6.92 Å². The van der Waals surface area contributed by atoms with Gasteiger partial charge in [0.2, 0.25) is 0 Å². The van der Waals surface area contributed by atoms with Gasteiger partial charge in [-0.1, -0.05) is 25.1 Å². The maximum Gasteiger partial charge on any atom is 0.133 e. The first-order chi connectivity index (χ1) is 8.13. The molecule has 0 N–H and O–H groups in total. The number of aromatic nitrogens is 2. The van der Waals surface area contributed by atoms with Crippen molar-refractivity contribution < 1.29 is 4.79 Å². The molecule has 0 aliphatic heterocycles. The van der Waals surface area contributed by atoms with Crippen LogP contribution in [0, 0.1) is 5.92 Å². The second-order valence-electron chi connectivity index (χ2n) is 4.50. The Morgan fingerprint density at radius 1 is 1.41 bits per heavy atom. The number of nitrogens with zero attached hydrogens (tertiary/aromatic N) is 2. The highest BCUT2D eigenvalue weighted by Gasteiger charge is 2.14. The lowest BCUT2D eigenvalue weighted by Crippen LogP contribution is -2.10. The molecule has 1 aromatic heterocycles. The molecule has 0 spiro atoms. The molecule has 0 amide bonds. The number of fused-ring (bicyclic) bond motifs is 1. The number of rotatable bonds is 4. The van der Waals surface area contributed by atoms with Crippen LogP contribution in [-0.2, 0) is 17.8 Å². The number of para-hydroxylation sites is 1. The Morgan fingerprint density at radius 3 is 2.76 bits per heavy atom. The van der Waals surface area contributed by atoms with Gasteiger partial charge in [0.1, 0.15) is 5.78 Å². The van der Waals surface area contributed by atoms with Crippen LogP contribution in [0.15, 0.2) is 24.3 Å². The summed E-state index contributed by atoms with van der Waals surface area (Å²) in [4.78, 5) is 11.3. The van der Waals surface area contributed by atoms with E-state index < -0.39 is 0 Å². The van der Waals surface area contributed by atoms with Crippen LogP contribution in [-0.4, -0.2) is 15.6 Å². The highest BCUT2D eigenvalue weighted by molar-refractivity contribution is 5.83. The van der Waals surface area contributed by atoms with Crippen molar-refractivity contribution in [1.29, 1.82) is 0 Å². The SMILES string of the molecule is CCn1nc(CC(C)C(C)=O)c2ccccc21. The first kappa shape index (κ1) is 11.8. The second-order valence-corrected chi connectivity index (χ2v) is 4.50. The molecular formula is C14H18N2O. The van der Waals surface area contributed by atoms with Gasteiger partial charge >= 0.3 is 0 Å².